The van der Waals surface area contributed by atoms with Gasteiger partial charge in [0.15, 0.2) is 14.1 Å². The number of aromatic nitrogens is 4. The third-order valence-corrected chi connectivity index (χ3v) is 12.3. The molecule has 2 aromatic heterocycles. The summed E-state index contributed by atoms with van der Waals surface area (Å²) in [5.74, 6) is 0.928. The largest absolute Gasteiger partial charge is 0.496 e. The molecule has 1 aliphatic rings. The van der Waals surface area contributed by atoms with Gasteiger partial charge >= 0.3 is 6.09 Å². The molecule has 0 fully saturated rings. The molecule has 1 unspecified atom stereocenters. The van der Waals surface area contributed by atoms with Crippen LogP contribution < -0.4 is 10.1 Å². The normalized spacial score (nSPS) is 14.4. The van der Waals surface area contributed by atoms with E-state index in [4.69, 9.17) is 9.16 Å². The highest BCUT2D eigenvalue weighted by atomic mass is 28.4. The molecule has 1 atom stereocenters. The average Bonchev–Trinajstić information content (AvgIpc) is 3.40. The Kier molecular flexibility index (Phi) is 8.31. The number of benzene rings is 1. The Balaban J connectivity index is 1.53. The molecule has 0 radical (unpaired) electrons. The second-order valence-corrected chi connectivity index (χ2v) is 16.4. The van der Waals surface area contributed by atoms with Crippen molar-refractivity contribution >= 4 is 26.1 Å². The summed E-state index contributed by atoms with van der Waals surface area (Å²) in [5, 5.41) is 20.8. The second-order valence-electron chi connectivity index (χ2n) is 11.6. The molecule has 0 spiro atoms. The number of hydrogen-bond donors (Lipinski definition) is 2. The van der Waals surface area contributed by atoms with Gasteiger partial charge in [-0.3, -0.25) is 4.79 Å². The topological polar surface area (TPSA) is 132 Å². The highest BCUT2D eigenvalue weighted by molar-refractivity contribution is 6.74. The Morgan fingerprint density at radius 1 is 1.20 bits per heavy atom. The smallest absolute Gasteiger partial charge is 0.407 e. The predicted molar refractivity (Wildman–Crippen MR) is 154 cm³/mol. The lowest BCUT2D eigenvalue weighted by molar-refractivity contribution is 0.102. The Morgan fingerprint density at radius 3 is 2.62 bits per heavy atom. The second kappa shape index (κ2) is 11.4. The summed E-state index contributed by atoms with van der Waals surface area (Å²) in [6.45, 7) is 14.3. The molecule has 2 N–H and O–H groups in total. The highest BCUT2D eigenvalue weighted by Crippen LogP contribution is 2.37. The van der Waals surface area contributed by atoms with Gasteiger partial charge in [-0.1, -0.05) is 26.8 Å². The monoisotopic (exact) mass is 566 g/mol. The first-order valence-corrected chi connectivity index (χ1v) is 16.2. The van der Waals surface area contributed by atoms with Gasteiger partial charge in [-0.2, -0.15) is 0 Å². The van der Waals surface area contributed by atoms with Gasteiger partial charge in [-0.25, -0.2) is 9.78 Å². The first-order valence-electron chi connectivity index (χ1n) is 13.3. The summed E-state index contributed by atoms with van der Waals surface area (Å²) in [4.78, 5) is 30.7. The number of carbonyl (C=O) groups is 2. The van der Waals surface area contributed by atoms with Crippen molar-refractivity contribution in [3.63, 3.8) is 0 Å². The highest BCUT2D eigenvalue weighted by Gasteiger charge is 2.37. The molecule has 3 heterocycles. The number of amides is 2. The van der Waals surface area contributed by atoms with Crippen molar-refractivity contribution in [2.75, 3.05) is 25.6 Å². The van der Waals surface area contributed by atoms with E-state index in [9.17, 15) is 14.7 Å². The third-order valence-electron chi connectivity index (χ3n) is 7.81. The van der Waals surface area contributed by atoms with E-state index in [1.54, 1.807) is 24.5 Å². The third kappa shape index (κ3) is 6.17. The predicted octanol–water partition coefficient (Wildman–Crippen LogP) is 5.22. The summed E-state index contributed by atoms with van der Waals surface area (Å²) in [6.07, 6.45) is 1.24. The van der Waals surface area contributed by atoms with E-state index in [-0.39, 0.29) is 17.6 Å². The van der Waals surface area contributed by atoms with Crippen LogP contribution in [0.15, 0.2) is 36.7 Å². The van der Waals surface area contributed by atoms with Gasteiger partial charge < -0.3 is 29.1 Å². The summed E-state index contributed by atoms with van der Waals surface area (Å²) in [6, 6.07) is 8.79. The molecule has 40 heavy (non-hydrogen) atoms. The van der Waals surface area contributed by atoms with E-state index in [0.717, 1.165) is 11.1 Å². The molecule has 4 rings (SSSR count). The van der Waals surface area contributed by atoms with Gasteiger partial charge in [0.25, 0.3) is 5.91 Å². The molecule has 1 aliphatic heterocycles. The number of carboxylic acid groups (broad SMARTS) is 1. The number of carbonyl (C=O) groups excluding carboxylic acids is 1. The first kappa shape index (κ1) is 29.2. The van der Waals surface area contributed by atoms with Gasteiger partial charge in [0.05, 0.1) is 25.3 Å². The first-order chi connectivity index (χ1) is 18.8. The minimum Gasteiger partial charge on any atom is -0.496 e. The Hall–Kier alpha value is -3.77. The quantitative estimate of drug-likeness (QED) is 0.355. The maximum atomic E-state index is 13.3. The van der Waals surface area contributed by atoms with E-state index in [0.29, 0.717) is 48.2 Å². The molecule has 0 aliphatic carbocycles. The van der Waals surface area contributed by atoms with E-state index < -0.39 is 20.3 Å². The summed E-state index contributed by atoms with van der Waals surface area (Å²) in [7, 11) is -0.416. The van der Waals surface area contributed by atoms with Crippen LogP contribution in [0.1, 0.15) is 55.2 Å². The van der Waals surface area contributed by atoms with E-state index in [2.05, 4.69) is 61.3 Å². The molecule has 1 aromatic carbocycles. The zero-order valence-electron chi connectivity index (χ0n) is 24.2. The maximum absolute atomic E-state index is 13.3. The molecule has 0 bridgehead atoms. The number of hydrogen-bond acceptors (Lipinski definition) is 7. The van der Waals surface area contributed by atoms with Crippen molar-refractivity contribution in [3.8, 4) is 17.3 Å². The lowest BCUT2D eigenvalue weighted by atomic mass is 9.96. The van der Waals surface area contributed by atoms with Crippen LogP contribution in [0.3, 0.4) is 0 Å². The zero-order chi connectivity index (χ0) is 29.2. The van der Waals surface area contributed by atoms with Crippen molar-refractivity contribution in [2.24, 2.45) is 0 Å². The molecule has 11 nitrogen and oxygen atoms in total. The van der Waals surface area contributed by atoms with Gasteiger partial charge in [0, 0.05) is 13.1 Å². The number of nitrogens with zero attached hydrogens (tertiary/aromatic N) is 5. The molecular formula is C28H38N6O5Si. The van der Waals surface area contributed by atoms with Gasteiger partial charge in [0.1, 0.15) is 23.6 Å². The van der Waals surface area contributed by atoms with Crippen molar-refractivity contribution < 1.29 is 23.9 Å². The van der Waals surface area contributed by atoms with Crippen LogP contribution in [0.4, 0.5) is 10.6 Å². The Labute approximate surface area is 235 Å². The van der Waals surface area contributed by atoms with Crippen molar-refractivity contribution in [2.45, 2.75) is 64.8 Å². The van der Waals surface area contributed by atoms with Crippen LogP contribution in [-0.2, 0) is 17.4 Å². The van der Waals surface area contributed by atoms with Crippen LogP contribution in [-0.4, -0.2) is 70.3 Å². The number of anilines is 1. The van der Waals surface area contributed by atoms with Gasteiger partial charge in [0.2, 0.25) is 0 Å². The minimum atomic E-state index is -1.92. The van der Waals surface area contributed by atoms with Crippen molar-refractivity contribution in [3.05, 3.63) is 53.3 Å². The number of methoxy groups -OCH3 is 1. The van der Waals surface area contributed by atoms with Crippen LogP contribution in [0, 0.1) is 0 Å². The van der Waals surface area contributed by atoms with Crippen molar-refractivity contribution in [1.29, 1.82) is 0 Å². The fraction of sp³-hybridized carbons (Fsp3) is 0.464. The maximum Gasteiger partial charge on any atom is 0.407 e. The molecule has 0 saturated carbocycles. The number of rotatable bonds is 8. The standard InChI is InChI=1S/C28H38N6O5Si/c1-18(16-39-40(6,7)28(2,3)4)34-17-29-32-25(34)22-9-8-10-24(30-22)31-26(35)21-13-20-15-33(27(36)37)12-11-19(20)14-23(21)38-5/h8-10,13-14,17-18H,11-12,15-16H2,1-7H3,(H,36,37)(H,30,31,35). The number of nitrogens with one attached hydrogen (secondary N) is 1. The zero-order valence-corrected chi connectivity index (χ0v) is 25.2. The van der Waals surface area contributed by atoms with Crippen molar-refractivity contribution in [1.82, 2.24) is 24.6 Å². The molecule has 214 valence electrons. The number of fused-ring (bicyclic) bond motifs is 1. The van der Waals surface area contributed by atoms with Crippen LogP contribution in [0.2, 0.25) is 18.1 Å². The number of pyridine rings is 1. The fourth-order valence-electron chi connectivity index (χ4n) is 4.28. The Bertz CT molecular complexity index is 1400. The van der Waals surface area contributed by atoms with Crippen LogP contribution >= 0.6 is 0 Å². The van der Waals surface area contributed by atoms with Crippen LogP contribution in [0.5, 0.6) is 5.75 Å². The van der Waals surface area contributed by atoms with E-state index >= 15 is 0 Å². The summed E-state index contributed by atoms with van der Waals surface area (Å²) in [5.41, 5.74) is 2.62. The summed E-state index contributed by atoms with van der Waals surface area (Å²) >= 11 is 0. The molecule has 3 aromatic rings. The lowest BCUT2D eigenvalue weighted by Gasteiger charge is -2.37. The fourth-order valence-corrected chi connectivity index (χ4v) is 5.37. The average molecular weight is 567 g/mol. The SMILES string of the molecule is COc1cc2c(cc1C(=O)Nc1cccc(-c3nncn3C(C)CO[Si](C)(C)C(C)(C)C)n1)CN(C(=O)O)CC2. The minimum absolute atomic E-state index is 0.0238. The van der Waals surface area contributed by atoms with Crippen LogP contribution in [0.25, 0.3) is 11.5 Å². The summed E-state index contributed by atoms with van der Waals surface area (Å²) < 4.78 is 13.8. The molecule has 12 heteroatoms. The molecule has 0 saturated heterocycles. The lowest BCUT2D eigenvalue weighted by Crippen LogP contribution is -2.42. The number of ether oxygens (including phenoxy) is 1. The molecule has 2 amide bonds. The van der Waals surface area contributed by atoms with E-state index in [1.807, 2.05) is 16.7 Å². The van der Waals surface area contributed by atoms with Gasteiger partial charge in [-0.05, 0) is 66.9 Å². The molecular weight excluding hydrogens is 528 g/mol. The van der Waals surface area contributed by atoms with E-state index in [1.165, 1.54) is 12.0 Å². The van der Waals surface area contributed by atoms with Gasteiger partial charge in [-0.15, -0.1) is 10.2 Å². The Morgan fingerprint density at radius 2 is 1.95 bits per heavy atom.